The van der Waals surface area contributed by atoms with Gasteiger partial charge in [-0.2, -0.15) is 0 Å². The summed E-state index contributed by atoms with van der Waals surface area (Å²) in [5, 5.41) is 0. The molecular weight excluding hydrogens is 244 g/mol. The second-order valence-corrected chi connectivity index (χ2v) is 5.52. The number of aromatic nitrogens is 1. The number of rotatable bonds is 4. The standard InChI is InChI=1S/C14H18N2O3/c1-14(2,15)7-6-11(17)9-4-5-12-10(8-9)16(3)13(18)19-12/h4-5,8H,6-7,15H2,1-3H3. The Morgan fingerprint density at radius 3 is 2.74 bits per heavy atom. The van der Waals surface area contributed by atoms with Gasteiger partial charge in [0.15, 0.2) is 11.4 Å². The quantitative estimate of drug-likeness (QED) is 0.853. The highest BCUT2D eigenvalue weighted by Crippen LogP contribution is 2.17. The van der Waals surface area contributed by atoms with E-state index in [2.05, 4.69) is 0 Å². The third kappa shape index (κ3) is 2.93. The first-order valence-electron chi connectivity index (χ1n) is 6.19. The van der Waals surface area contributed by atoms with Gasteiger partial charge in [0.1, 0.15) is 0 Å². The normalized spacial score (nSPS) is 12.0. The molecule has 1 aromatic carbocycles. The van der Waals surface area contributed by atoms with Gasteiger partial charge in [-0.1, -0.05) is 0 Å². The molecule has 5 nitrogen and oxygen atoms in total. The predicted octanol–water partition coefficient (Wildman–Crippen LogP) is 1.83. The van der Waals surface area contributed by atoms with Gasteiger partial charge < -0.3 is 10.2 Å². The Balaban J connectivity index is 2.28. The number of nitrogens with two attached hydrogens (primary N) is 1. The Morgan fingerprint density at radius 2 is 2.11 bits per heavy atom. The molecule has 0 aliphatic rings. The number of carbonyl (C=O) groups excluding carboxylic acids is 1. The molecule has 5 heteroatoms. The van der Waals surface area contributed by atoms with E-state index < -0.39 is 5.76 Å². The third-order valence-corrected chi connectivity index (χ3v) is 3.11. The molecule has 0 aliphatic heterocycles. The summed E-state index contributed by atoms with van der Waals surface area (Å²) in [7, 11) is 1.62. The van der Waals surface area contributed by atoms with E-state index in [9.17, 15) is 9.59 Å². The van der Waals surface area contributed by atoms with Crippen LogP contribution < -0.4 is 11.5 Å². The van der Waals surface area contributed by atoms with Crippen LogP contribution >= 0.6 is 0 Å². The molecule has 0 saturated carbocycles. The lowest BCUT2D eigenvalue weighted by Crippen LogP contribution is -2.32. The van der Waals surface area contributed by atoms with Gasteiger partial charge in [-0.15, -0.1) is 0 Å². The first-order chi connectivity index (χ1) is 8.78. The first-order valence-corrected chi connectivity index (χ1v) is 6.19. The van der Waals surface area contributed by atoms with Crippen molar-refractivity contribution < 1.29 is 9.21 Å². The third-order valence-electron chi connectivity index (χ3n) is 3.11. The maximum Gasteiger partial charge on any atom is 0.419 e. The lowest BCUT2D eigenvalue weighted by Gasteiger charge is -2.17. The largest absolute Gasteiger partial charge is 0.419 e. The molecule has 2 N–H and O–H groups in total. The van der Waals surface area contributed by atoms with Crippen LogP contribution in [0.25, 0.3) is 11.1 Å². The monoisotopic (exact) mass is 262 g/mol. The zero-order valence-electron chi connectivity index (χ0n) is 11.4. The summed E-state index contributed by atoms with van der Waals surface area (Å²) in [5.41, 5.74) is 7.20. The van der Waals surface area contributed by atoms with Gasteiger partial charge in [0.05, 0.1) is 5.52 Å². The fourth-order valence-corrected chi connectivity index (χ4v) is 1.88. The average molecular weight is 262 g/mol. The number of nitrogens with zero attached hydrogens (tertiary/aromatic N) is 1. The van der Waals surface area contributed by atoms with Crippen LogP contribution in [-0.4, -0.2) is 15.9 Å². The fraction of sp³-hybridized carbons (Fsp3) is 0.429. The molecule has 0 fully saturated rings. The van der Waals surface area contributed by atoms with E-state index in [1.807, 2.05) is 13.8 Å². The molecule has 0 radical (unpaired) electrons. The molecule has 2 rings (SSSR count). The molecule has 0 saturated heterocycles. The van der Waals surface area contributed by atoms with E-state index in [1.165, 1.54) is 4.57 Å². The van der Waals surface area contributed by atoms with E-state index in [1.54, 1.807) is 25.2 Å². The number of Topliss-reactive ketones (excluding diaryl/α,β-unsaturated/α-hetero) is 1. The van der Waals surface area contributed by atoms with Crippen LogP contribution in [0.1, 0.15) is 37.0 Å². The summed E-state index contributed by atoms with van der Waals surface area (Å²) in [5.74, 6) is -0.406. The van der Waals surface area contributed by atoms with Gasteiger partial charge in [-0.25, -0.2) is 4.79 Å². The van der Waals surface area contributed by atoms with Gasteiger partial charge in [0.2, 0.25) is 0 Å². The van der Waals surface area contributed by atoms with Gasteiger partial charge in [0.25, 0.3) is 0 Å². The molecule has 0 bridgehead atoms. The van der Waals surface area contributed by atoms with Crippen molar-refractivity contribution in [3.8, 4) is 0 Å². The van der Waals surface area contributed by atoms with Crippen LogP contribution in [0.2, 0.25) is 0 Å². The van der Waals surface area contributed by atoms with Crippen molar-refractivity contribution in [2.75, 3.05) is 0 Å². The SMILES string of the molecule is Cn1c(=O)oc2ccc(C(=O)CCC(C)(C)N)cc21. The minimum atomic E-state index is -0.428. The molecule has 1 heterocycles. The number of hydrogen-bond acceptors (Lipinski definition) is 4. The van der Waals surface area contributed by atoms with Crippen LogP contribution in [0.15, 0.2) is 27.4 Å². The summed E-state index contributed by atoms with van der Waals surface area (Å²) < 4.78 is 6.41. The van der Waals surface area contributed by atoms with E-state index >= 15 is 0 Å². The Morgan fingerprint density at radius 1 is 1.42 bits per heavy atom. The van der Waals surface area contributed by atoms with E-state index in [0.717, 1.165) is 0 Å². The minimum Gasteiger partial charge on any atom is -0.408 e. The van der Waals surface area contributed by atoms with Gasteiger partial charge in [0, 0.05) is 24.6 Å². The van der Waals surface area contributed by atoms with Crippen LogP contribution in [-0.2, 0) is 7.05 Å². The Kier molecular flexibility index (Phi) is 3.32. The highest BCUT2D eigenvalue weighted by molar-refractivity contribution is 5.98. The molecular formula is C14H18N2O3. The van der Waals surface area contributed by atoms with Crippen molar-refractivity contribution in [2.24, 2.45) is 12.8 Å². The molecule has 1 aromatic heterocycles. The molecule has 2 aromatic rings. The van der Waals surface area contributed by atoms with Gasteiger partial charge in [-0.05, 0) is 38.5 Å². The average Bonchev–Trinajstić information content (AvgIpc) is 2.61. The van der Waals surface area contributed by atoms with Crippen LogP contribution in [0, 0.1) is 0 Å². The van der Waals surface area contributed by atoms with Crippen LogP contribution in [0.5, 0.6) is 0 Å². The molecule has 19 heavy (non-hydrogen) atoms. The lowest BCUT2D eigenvalue weighted by molar-refractivity contribution is 0.0972. The number of ketones is 1. The lowest BCUT2D eigenvalue weighted by atomic mass is 9.96. The summed E-state index contributed by atoms with van der Waals surface area (Å²) in [6, 6.07) is 5.01. The van der Waals surface area contributed by atoms with E-state index in [-0.39, 0.29) is 11.3 Å². The Labute approximate surface area is 111 Å². The van der Waals surface area contributed by atoms with Crippen molar-refractivity contribution in [3.05, 3.63) is 34.3 Å². The van der Waals surface area contributed by atoms with Crippen LogP contribution in [0.3, 0.4) is 0 Å². The second-order valence-electron chi connectivity index (χ2n) is 5.52. The second kappa shape index (κ2) is 4.66. The van der Waals surface area contributed by atoms with Crippen molar-refractivity contribution in [2.45, 2.75) is 32.2 Å². The number of oxazole rings is 1. The van der Waals surface area contributed by atoms with Crippen LogP contribution in [0.4, 0.5) is 0 Å². The fourth-order valence-electron chi connectivity index (χ4n) is 1.88. The van der Waals surface area contributed by atoms with Crippen molar-refractivity contribution >= 4 is 16.9 Å². The van der Waals surface area contributed by atoms with E-state index in [0.29, 0.717) is 29.5 Å². The van der Waals surface area contributed by atoms with Gasteiger partial charge in [-0.3, -0.25) is 9.36 Å². The number of benzene rings is 1. The zero-order chi connectivity index (χ0) is 14.2. The predicted molar refractivity (Wildman–Crippen MR) is 73.3 cm³/mol. The highest BCUT2D eigenvalue weighted by atomic mass is 16.4. The maximum atomic E-state index is 12.1. The molecule has 0 amide bonds. The zero-order valence-corrected chi connectivity index (χ0v) is 11.4. The van der Waals surface area contributed by atoms with Crippen molar-refractivity contribution in [1.29, 1.82) is 0 Å². The summed E-state index contributed by atoms with van der Waals surface area (Å²) >= 11 is 0. The van der Waals surface area contributed by atoms with Crippen molar-refractivity contribution in [3.63, 3.8) is 0 Å². The number of aryl methyl sites for hydroxylation is 1. The topological polar surface area (TPSA) is 78.2 Å². The maximum absolute atomic E-state index is 12.1. The summed E-state index contributed by atoms with van der Waals surface area (Å²) in [6.07, 6.45) is 1.01. The summed E-state index contributed by atoms with van der Waals surface area (Å²) in [4.78, 5) is 23.5. The molecule has 0 atom stereocenters. The number of hydrogen-bond donors (Lipinski definition) is 1. The molecule has 0 spiro atoms. The highest BCUT2D eigenvalue weighted by Gasteiger charge is 2.15. The smallest absolute Gasteiger partial charge is 0.408 e. The number of carbonyl (C=O) groups is 1. The van der Waals surface area contributed by atoms with E-state index in [4.69, 9.17) is 10.2 Å². The summed E-state index contributed by atoms with van der Waals surface area (Å²) in [6.45, 7) is 3.78. The number of fused-ring (bicyclic) bond motifs is 1. The molecule has 0 aliphatic carbocycles. The Hall–Kier alpha value is -1.88. The Bertz CT molecular complexity index is 674. The first kappa shape index (κ1) is 13.5. The molecule has 0 unspecified atom stereocenters. The van der Waals surface area contributed by atoms with Gasteiger partial charge >= 0.3 is 5.76 Å². The van der Waals surface area contributed by atoms with Crippen molar-refractivity contribution in [1.82, 2.24) is 4.57 Å². The minimum absolute atomic E-state index is 0.0223. The molecule has 102 valence electrons.